The van der Waals surface area contributed by atoms with Gasteiger partial charge in [-0.1, -0.05) is 23.9 Å². The van der Waals surface area contributed by atoms with Crippen molar-refractivity contribution in [1.29, 1.82) is 0 Å². The van der Waals surface area contributed by atoms with Crippen molar-refractivity contribution in [2.75, 3.05) is 24.4 Å². The van der Waals surface area contributed by atoms with Crippen LogP contribution in [0.25, 0.3) is 5.69 Å². The van der Waals surface area contributed by atoms with E-state index in [-0.39, 0.29) is 35.8 Å². The Labute approximate surface area is 198 Å². The minimum atomic E-state index is -0.657. The lowest BCUT2D eigenvalue weighted by molar-refractivity contribution is 0.0452. The summed E-state index contributed by atoms with van der Waals surface area (Å²) in [5.74, 6) is -0.174. The average Bonchev–Trinajstić information content (AvgIpc) is 3.27. The quantitative estimate of drug-likeness (QED) is 0.284. The molecule has 12 heteroatoms. The van der Waals surface area contributed by atoms with Crippen molar-refractivity contribution in [2.24, 2.45) is 0 Å². The van der Waals surface area contributed by atoms with Crippen molar-refractivity contribution >= 4 is 35.3 Å². The van der Waals surface area contributed by atoms with Crippen LogP contribution in [-0.4, -0.2) is 43.8 Å². The molecular weight excluding hydrogens is 461 g/mol. The molecule has 0 saturated heterocycles. The van der Waals surface area contributed by atoms with Crippen molar-refractivity contribution in [3.05, 3.63) is 72.1 Å². The van der Waals surface area contributed by atoms with Crippen LogP contribution in [0.2, 0.25) is 0 Å². The molecule has 2 heterocycles. The van der Waals surface area contributed by atoms with E-state index in [9.17, 15) is 9.18 Å². The number of rotatable bonds is 8. The molecule has 34 heavy (non-hydrogen) atoms. The number of esters is 1. The first-order valence-electron chi connectivity index (χ1n) is 9.93. The van der Waals surface area contributed by atoms with Gasteiger partial charge in [-0.2, -0.15) is 15.0 Å². The van der Waals surface area contributed by atoms with Crippen LogP contribution in [0.5, 0.6) is 5.75 Å². The maximum Gasteiger partial charge on any atom is 0.357 e. The molecule has 10 nitrogen and oxygen atoms in total. The van der Waals surface area contributed by atoms with Crippen LogP contribution in [0.15, 0.2) is 59.9 Å². The molecule has 174 valence electrons. The number of ether oxygens (including phenoxy) is 2. The van der Waals surface area contributed by atoms with Gasteiger partial charge in [-0.3, -0.25) is 4.57 Å². The first kappa shape index (κ1) is 23.0. The van der Waals surface area contributed by atoms with Crippen molar-refractivity contribution in [1.82, 2.24) is 24.5 Å². The molecule has 4 aromatic rings. The number of nitrogens with two attached hydrogens (primary N) is 1. The van der Waals surface area contributed by atoms with Gasteiger partial charge in [-0.25, -0.2) is 14.2 Å². The van der Waals surface area contributed by atoms with Crippen LogP contribution in [0.3, 0.4) is 0 Å². The van der Waals surface area contributed by atoms with Crippen molar-refractivity contribution in [3.63, 3.8) is 0 Å². The number of methoxy groups -OCH3 is 1. The van der Waals surface area contributed by atoms with Gasteiger partial charge >= 0.3 is 5.97 Å². The lowest BCUT2D eigenvalue weighted by Crippen LogP contribution is -2.14. The SMILES string of the molecule is COc1ccccc1Nc1nc(N)nc(COC(=O)c2cnc(SC)n2-c2ccc(F)cc2)n1. The van der Waals surface area contributed by atoms with Crippen LogP contribution in [0.4, 0.5) is 22.0 Å². The third-order valence-electron chi connectivity index (χ3n) is 4.59. The Bertz CT molecular complexity index is 1310. The first-order chi connectivity index (χ1) is 16.5. The summed E-state index contributed by atoms with van der Waals surface area (Å²) in [4.78, 5) is 29.5. The lowest BCUT2D eigenvalue weighted by Gasteiger charge is -2.12. The van der Waals surface area contributed by atoms with Gasteiger partial charge in [0.05, 0.1) is 19.0 Å². The van der Waals surface area contributed by atoms with Gasteiger partial charge < -0.3 is 20.5 Å². The Morgan fingerprint density at radius 1 is 1.15 bits per heavy atom. The first-order valence-corrected chi connectivity index (χ1v) is 11.2. The molecule has 0 aliphatic heterocycles. The number of nitrogens with zero attached hydrogens (tertiary/aromatic N) is 5. The van der Waals surface area contributed by atoms with Crippen LogP contribution < -0.4 is 15.8 Å². The number of para-hydroxylation sites is 2. The molecule has 0 aliphatic carbocycles. The smallest absolute Gasteiger partial charge is 0.357 e. The van der Waals surface area contributed by atoms with E-state index < -0.39 is 5.97 Å². The molecule has 0 saturated carbocycles. The number of aromatic nitrogens is 5. The van der Waals surface area contributed by atoms with Crippen molar-refractivity contribution < 1.29 is 18.7 Å². The predicted molar refractivity (Wildman–Crippen MR) is 125 cm³/mol. The van der Waals surface area contributed by atoms with Crippen molar-refractivity contribution in [2.45, 2.75) is 11.8 Å². The molecule has 0 unspecified atom stereocenters. The molecule has 2 aromatic carbocycles. The van der Waals surface area contributed by atoms with E-state index in [0.29, 0.717) is 22.3 Å². The Kier molecular flexibility index (Phi) is 6.87. The van der Waals surface area contributed by atoms with Gasteiger partial charge in [0.25, 0.3) is 0 Å². The number of imidazole rings is 1. The minimum Gasteiger partial charge on any atom is -0.495 e. The second-order valence-corrected chi connectivity index (χ2v) is 7.55. The summed E-state index contributed by atoms with van der Waals surface area (Å²) in [5, 5.41) is 3.56. The summed E-state index contributed by atoms with van der Waals surface area (Å²) in [7, 11) is 1.55. The van der Waals surface area contributed by atoms with E-state index in [2.05, 4.69) is 25.3 Å². The molecule has 0 amide bonds. The summed E-state index contributed by atoms with van der Waals surface area (Å²) in [6, 6.07) is 12.9. The summed E-state index contributed by atoms with van der Waals surface area (Å²) in [5.41, 5.74) is 7.19. The number of benzene rings is 2. The number of hydrogen-bond donors (Lipinski definition) is 2. The fourth-order valence-corrected chi connectivity index (χ4v) is 3.64. The van der Waals surface area contributed by atoms with Gasteiger partial charge in [-0.15, -0.1) is 0 Å². The summed E-state index contributed by atoms with van der Waals surface area (Å²) in [6.45, 7) is -0.255. The highest BCUT2D eigenvalue weighted by molar-refractivity contribution is 7.98. The fraction of sp³-hybridized carbons (Fsp3) is 0.136. The average molecular weight is 482 g/mol. The lowest BCUT2D eigenvalue weighted by atomic mass is 10.3. The second kappa shape index (κ2) is 10.2. The van der Waals surface area contributed by atoms with Gasteiger partial charge in [-0.05, 0) is 42.7 Å². The molecule has 0 radical (unpaired) electrons. The van der Waals surface area contributed by atoms with E-state index in [1.165, 1.54) is 30.1 Å². The molecule has 0 atom stereocenters. The van der Waals surface area contributed by atoms with E-state index in [4.69, 9.17) is 15.2 Å². The maximum atomic E-state index is 13.4. The van der Waals surface area contributed by atoms with Gasteiger partial charge in [0.2, 0.25) is 11.9 Å². The van der Waals surface area contributed by atoms with E-state index in [0.717, 1.165) is 0 Å². The van der Waals surface area contributed by atoms with E-state index >= 15 is 0 Å². The molecule has 0 fully saturated rings. The third-order valence-corrected chi connectivity index (χ3v) is 5.24. The number of carbonyl (C=O) groups is 1. The fourth-order valence-electron chi connectivity index (χ4n) is 3.09. The second-order valence-electron chi connectivity index (χ2n) is 6.78. The van der Waals surface area contributed by atoms with E-state index in [1.807, 2.05) is 18.4 Å². The molecule has 3 N–H and O–H groups in total. The molecule has 0 aliphatic rings. The Balaban J connectivity index is 1.53. The Hall–Kier alpha value is -4.19. The maximum absolute atomic E-state index is 13.4. The highest BCUT2D eigenvalue weighted by atomic mass is 32.2. The number of hydrogen-bond acceptors (Lipinski definition) is 10. The molecular formula is C22H20FN7O3S. The van der Waals surface area contributed by atoms with E-state index in [1.54, 1.807) is 35.9 Å². The zero-order valence-corrected chi connectivity index (χ0v) is 19.0. The van der Waals surface area contributed by atoms with Crippen LogP contribution in [-0.2, 0) is 11.3 Å². The van der Waals surface area contributed by atoms with Crippen LogP contribution >= 0.6 is 11.8 Å². The highest BCUT2D eigenvalue weighted by Gasteiger charge is 2.20. The predicted octanol–water partition coefficient (Wildman–Crippen LogP) is 3.61. The Morgan fingerprint density at radius 3 is 2.65 bits per heavy atom. The van der Waals surface area contributed by atoms with Crippen LogP contribution in [0.1, 0.15) is 16.3 Å². The molecule has 4 rings (SSSR count). The molecule has 0 bridgehead atoms. The zero-order valence-electron chi connectivity index (χ0n) is 18.2. The van der Waals surface area contributed by atoms with Gasteiger partial charge in [0.1, 0.15) is 11.6 Å². The third kappa shape index (κ3) is 5.07. The highest BCUT2D eigenvalue weighted by Crippen LogP contribution is 2.26. The number of nitrogens with one attached hydrogen (secondary N) is 1. The Morgan fingerprint density at radius 2 is 1.91 bits per heavy atom. The topological polar surface area (TPSA) is 130 Å². The summed E-state index contributed by atoms with van der Waals surface area (Å²) in [6.07, 6.45) is 3.22. The van der Waals surface area contributed by atoms with Gasteiger partial charge in [0, 0.05) is 5.69 Å². The van der Waals surface area contributed by atoms with Crippen molar-refractivity contribution in [3.8, 4) is 11.4 Å². The minimum absolute atomic E-state index is 0.0422. The summed E-state index contributed by atoms with van der Waals surface area (Å²) >= 11 is 1.34. The number of carbonyl (C=O) groups excluding carboxylic acids is 1. The number of thioether (sulfide) groups is 1. The standard InChI is InChI=1S/C22H20FN7O3S/c1-32-17-6-4-3-5-15(17)26-21-28-18(27-20(24)29-21)12-33-19(31)16-11-25-22(34-2)30(16)14-9-7-13(23)8-10-14/h3-11H,12H2,1-2H3,(H3,24,26,27,28,29). The molecule has 2 aromatic heterocycles. The zero-order chi connectivity index (χ0) is 24.1. The van der Waals surface area contributed by atoms with Gasteiger partial charge in [0.15, 0.2) is 23.3 Å². The normalized spacial score (nSPS) is 10.7. The largest absolute Gasteiger partial charge is 0.495 e. The van der Waals surface area contributed by atoms with Crippen LogP contribution in [0, 0.1) is 5.82 Å². The number of anilines is 3. The summed E-state index contributed by atoms with van der Waals surface area (Å²) < 4.78 is 25.7. The number of halogens is 1. The molecule has 0 spiro atoms. The monoisotopic (exact) mass is 481 g/mol. The number of nitrogen functional groups attached to an aromatic ring is 1.